The zero-order valence-corrected chi connectivity index (χ0v) is 9.83. The minimum atomic E-state index is -0.319. The third-order valence-corrected chi connectivity index (χ3v) is 2.90. The first-order valence-corrected chi connectivity index (χ1v) is 5.81. The Balaban J connectivity index is 2.15. The summed E-state index contributed by atoms with van der Waals surface area (Å²) in [6.45, 7) is 3.89. The highest BCUT2D eigenvalue weighted by Crippen LogP contribution is 2.31. The number of aryl methyl sites for hydroxylation is 1. The predicted molar refractivity (Wildman–Crippen MR) is 64.8 cm³/mol. The van der Waals surface area contributed by atoms with Crippen molar-refractivity contribution in [1.82, 2.24) is 0 Å². The van der Waals surface area contributed by atoms with Gasteiger partial charge >= 0.3 is 0 Å². The molecule has 0 radical (unpaired) electrons. The van der Waals surface area contributed by atoms with Crippen LogP contribution in [0.25, 0.3) is 0 Å². The van der Waals surface area contributed by atoms with E-state index in [0.717, 1.165) is 30.6 Å². The smallest absolute Gasteiger partial charge is 0.123 e. The Morgan fingerprint density at radius 2 is 2.38 bits per heavy atom. The average molecular weight is 239 g/mol. The van der Waals surface area contributed by atoms with Gasteiger partial charge in [-0.2, -0.15) is 0 Å². The maximum absolute atomic E-state index is 9.79. The van der Waals surface area contributed by atoms with Crippen LogP contribution in [0.4, 0.5) is 0 Å². The Labute approximate surface area is 101 Å². The summed E-state index contributed by atoms with van der Waals surface area (Å²) in [7, 11) is 0. The highest BCUT2D eigenvalue weighted by molar-refractivity contribution is 6.29. The number of aliphatic hydroxyl groups is 1. The lowest BCUT2D eigenvalue weighted by molar-refractivity contribution is 0.156. The van der Waals surface area contributed by atoms with Crippen LogP contribution >= 0.6 is 11.6 Å². The molecular weight excluding hydrogens is 224 g/mol. The minimum absolute atomic E-state index is 0.319. The van der Waals surface area contributed by atoms with E-state index in [2.05, 4.69) is 6.58 Å². The number of fused-ring (bicyclic) bond motifs is 1. The molecular formula is C13H15ClO2. The molecule has 86 valence electrons. The van der Waals surface area contributed by atoms with E-state index in [1.54, 1.807) is 0 Å². The van der Waals surface area contributed by atoms with Crippen LogP contribution in [-0.4, -0.2) is 11.7 Å². The summed E-state index contributed by atoms with van der Waals surface area (Å²) in [5, 5.41) is 10.3. The van der Waals surface area contributed by atoms with Gasteiger partial charge in [-0.15, -0.1) is 0 Å². The van der Waals surface area contributed by atoms with Crippen LogP contribution in [-0.2, 0) is 6.42 Å². The monoisotopic (exact) mass is 238 g/mol. The molecule has 1 aromatic rings. The van der Waals surface area contributed by atoms with Crippen LogP contribution in [0.2, 0.25) is 0 Å². The molecule has 0 bridgehead atoms. The minimum Gasteiger partial charge on any atom is -0.488 e. The molecule has 0 heterocycles. The molecule has 3 heteroatoms. The van der Waals surface area contributed by atoms with Gasteiger partial charge in [-0.1, -0.05) is 24.2 Å². The zero-order chi connectivity index (χ0) is 11.5. The van der Waals surface area contributed by atoms with E-state index in [9.17, 15) is 5.11 Å². The van der Waals surface area contributed by atoms with Crippen LogP contribution in [0.3, 0.4) is 0 Å². The third-order valence-electron chi connectivity index (χ3n) is 2.79. The van der Waals surface area contributed by atoms with Crippen molar-refractivity contribution in [3.8, 4) is 5.75 Å². The molecule has 1 unspecified atom stereocenters. The Bertz CT molecular complexity index is 401. The first-order valence-electron chi connectivity index (χ1n) is 5.44. The summed E-state index contributed by atoms with van der Waals surface area (Å²) in [6, 6.07) is 5.79. The lowest BCUT2D eigenvalue weighted by atomic mass is 9.89. The van der Waals surface area contributed by atoms with Crippen LogP contribution in [0.15, 0.2) is 29.8 Å². The summed E-state index contributed by atoms with van der Waals surface area (Å²) >= 11 is 5.63. The molecule has 0 fully saturated rings. The normalized spacial score (nSPS) is 19.0. The van der Waals surface area contributed by atoms with Crippen LogP contribution < -0.4 is 4.74 Å². The van der Waals surface area contributed by atoms with E-state index in [0.29, 0.717) is 11.6 Å². The van der Waals surface area contributed by atoms with Crippen molar-refractivity contribution in [3.63, 3.8) is 0 Å². The molecule has 2 rings (SSSR count). The molecule has 1 aliphatic carbocycles. The molecule has 1 aliphatic rings. The molecule has 0 amide bonds. The van der Waals surface area contributed by atoms with Gasteiger partial charge < -0.3 is 9.84 Å². The molecule has 0 aromatic heterocycles. The van der Waals surface area contributed by atoms with Crippen LogP contribution in [0.1, 0.15) is 30.1 Å². The van der Waals surface area contributed by atoms with Gasteiger partial charge in [0, 0.05) is 5.03 Å². The highest BCUT2D eigenvalue weighted by atomic mass is 35.5. The number of benzene rings is 1. The van der Waals surface area contributed by atoms with E-state index in [1.807, 2.05) is 18.2 Å². The maximum atomic E-state index is 9.79. The van der Waals surface area contributed by atoms with Gasteiger partial charge in [0.15, 0.2) is 0 Å². The molecule has 1 atom stereocenters. The Hall–Kier alpha value is -0.990. The molecule has 0 aliphatic heterocycles. The van der Waals surface area contributed by atoms with Crippen molar-refractivity contribution in [2.75, 3.05) is 6.61 Å². The molecule has 0 spiro atoms. The molecule has 0 saturated carbocycles. The van der Waals surface area contributed by atoms with Gasteiger partial charge in [-0.3, -0.25) is 0 Å². The fourth-order valence-electron chi connectivity index (χ4n) is 2.02. The summed E-state index contributed by atoms with van der Waals surface area (Å²) in [5.74, 6) is 0.787. The van der Waals surface area contributed by atoms with Gasteiger partial charge in [-0.05, 0) is 42.5 Å². The first kappa shape index (κ1) is 11.5. The molecule has 0 saturated heterocycles. The largest absolute Gasteiger partial charge is 0.488 e. The second-order valence-electron chi connectivity index (χ2n) is 4.07. The zero-order valence-electron chi connectivity index (χ0n) is 9.08. The Morgan fingerprint density at radius 3 is 3.12 bits per heavy atom. The molecule has 2 nitrogen and oxygen atoms in total. The summed E-state index contributed by atoms with van der Waals surface area (Å²) in [5.41, 5.74) is 2.21. The summed E-state index contributed by atoms with van der Waals surface area (Å²) < 4.78 is 5.46. The van der Waals surface area contributed by atoms with Crippen molar-refractivity contribution < 1.29 is 9.84 Å². The number of rotatable bonds is 3. The standard InChI is InChI=1S/C13H15ClO2/c1-9(14)8-16-11-5-6-12-10(7-11)3-2-4-13(12)15/h5-7,13,15H,1-4,8H2. The van der Waals surface area contributed by atoms with Crippen molar-refractivity contribution in [2.24, 2.45) is 0 Å². The Kier molecular flexibility index (Phi) is 3.52. The molecule has 16 heavy (non-hydrogen) atoms. The van der Waals surface area contributed by atoms with Crippen molar-refractivity contribution in [3.05, 3.63) is 40.9 Å². The topological polar surface area (TPSA) is 29.5 Å². The van der Waals surface area contributed by atoms with E-state index in [1.165, 1.54) is 5.56 Å². The fraction of sp³-hybridized carbons (Fsp3) is 0.385. The number of aliphatic hydroxyl groups excluding tert-OH is 1. The fourth-order valence-corrected chi connectivity index (χ4v) is 2.07. The highest BCUT2D eigenvalue weighted by Gasteiger charge is 2.17. The quantitative estimate of drug-likeness (QED) is 0.877. The van der Waals surface area contributed by atoms with Crippen molar-refractivity contribution >= 4 is 11.6 Å². The third kappa shape index (κ3) is 2.57. The second-order valence-corrected chi connectivity index (χ2v) is 4.61. The predicted octanol–water partition coefficient (Wildman–Crippen LogP) is 3.19. The van der Waals surface area contributed by atoms with Crippen LogP contribution in [0.5, 0.6) is 5.75 Å². The Morgan fingerprint density at radius 1 is 1.56 bits per heavy atom. The van der Waals surface area contributed by atoms with Crippen LogP contribution in [0, 0.1) is 0 Å². The molecule has 1 aromatic carbocycles. The number of halogens is 1. The van der Waals surface area contributed by atoms with Gasteiger partial charge in [0.25, 0.3) is 0 Å². The van der Waals surface area contributed by atoms with Crippen molar-refractivity contribution in [1.29, 1.82) is 0 Å². The van der Waals surface area contributed by atoms with E-state index in [-0.39, 0.29) is 6.10 Å². The average Bonchev–Trinajstić information content (AvgIpc) is 2.26. The van der Waals surface area contributed by atoms with Gasteiger partial charge in [0.2, 0.25) is 0 Å². The van der Waals surface area contributed by atoms with Gasteiger partial charge in [0.05, 0.1) is 6.10 Å². The first-order chi connectivity index (χ1) is 7.66. The van der Waals surface area contributed by atoms with E-state index >= 15 is 0 Å². The number of ether oxygens (including phenoxy) is 1. The van der Waals surface area contributed by atoms with Gasteiger partial charge in [0.1, 0.15) is 12.4 Å². The van der Waals surface area contributed by atoms with Gasteiger partial charge in [-0.25, -0.2) is 0 Å². The van der Waals surface area contributed by atoms with E-state index < -0.39 is 0 Å². The van der Waals surface area contributed by atoms with Crippen molar-refractivity contribution in [2.45, 2.75) is 25.4 Å². The number of hydrogen-bond acceptors (Lipinski definition) is 2. The second kappa shape index (κ2) is 4.89. The maximum Gasteiger partial charge on any atom is 0.123 e. The van der Waals surface area contributed by atoms with E-state index in [4.69, 9.17) is 16.3 Å². The molecule has 1 N–H and O–H groups in total. The number of hydrogen-bond donors (Lipinski definition) is 1. The lowest BCUT2D eigenvalue weighted by Gasteiger charge is -2.21. The summed E-state index contributed by atoms with van der Waals surface area (Å²) in [6.07, 6.45) is 2.57. The SMILES string of the molecule is C=C(Cl)COc1ccc2c(c1)CCCC2O. The summed E-state index contributed by atoms with van der Waals surface area (Å²) in [4.78, 5) is 0. The lowest BCUT2D eigenvalue weighted by Crippen LogP contribution is -2.09.